The normalized spacial score (nSPS) is 16.8. The van der Waals surface area contributed by atoms with E-state index in [0.29, 0.717) is 59.1 Å². The van der Waals surface area contributed by atoms with E-state index in [0.717, 1.165) is 30.2 Å². The first-order valence-corrected chi connectivity index (χ1v) is 23.8. The monoisotopic (exact) mass is 896 g/mol. The van der Waals surface area contributed by atoms with E-state index in [-0.39, 0.29) is 46.1 Å². The number of benzene rings is 4. The van der Waals surface area contributed by atoms with E-state index in [2.05, 4.69) is 10.2 Å². The Morgan fingerprint density at radius 3 is 1.65 bits per heavy atom. The molecule has 4 aromatic carbocycles. The summed E-state index contributed by atoms with van der Waals surface area (Å²) in [4.78, 5) is 0.250. The van der Waals surface area contributed by atoms with E-state index in [1.165, 1.54) is 27.6 Å². The fourth-order valence-electron chi connectivity index (χ4n) is 8.21. The Balaban J connectivity index is 1.27. The van der Waals surface area contributed by atoms with E-state index in [1.54, 1.807) is 66.7 Å². The molecule has 0 saturated heterocycles. The van der Waals surface area contributed by atoms with E-state index in [9.17, 15) is 43.2 Å². The average molecular weight is 897 g/mol. The SMILES string of the molecule is CC(C)(C)Cn1nc(C(F)(F)F)cc1-c1ccc(-c2cccc(S(C)(=O)=O)c2)cc1C1CCCC(Cn2nc(C(F)(F)F)cc2-c2ccc(-c3cccc(S(C)(=O)=O)c3)cc2)C1. The molecule has 2 heterocycles. The third-order valence-corrected chi connectivity index (χ3v) is 13.3. The summed E-state index contributed by atoms with van der Waals surface area (Å²) >= 11 is 0. The minimum Gasteiger partial charge on any atom is -0.264 e. The van der Waals surface area contributed by atoms with Crippen molar-refractivity contribution in [2.75, 3.05) is 12.5 Å². The smallest absolute Gasteiger partial charge is 0.264 e. The Labute approximate surface area is 357 Å². The summed E-state index contributed by atoms with van der Waals surface area (Å²) in [5.74, 6) is -0.418. The average Bonchev–Trinajstić information content (AvgIpc) is 3.82. The van der Waals surface area contributed by atoms with Crippen LogP contribution in [0.25, 0.3) is 44.8 Å². The fraction of sp³-hybridized carbons (Fsp3) is 0.348. The van der Waals surface area contributed by atoms with Crippen LogP contribution in [0.1, 0.15) is 69.3 Å². The van der Waals surface area contributed by atoms with Gasteiger partial charge in [0.1, 0.15) is 0 Å². The van der Waals surface area contributed by atoms with Gasteiger partial charge in [-0.15, -0.1) is 0 Å². The minimum atomic E-state index is -4.73. The lowest BCUT2D eigenvalue weighted by atomic mass is 9.75. The van der Waals surface area contributed by atoms with Crippen LogP contribution in [0, 0.1) is 11.3 Å². The Bertz CT molecular complexity index is 2840. The van der Waals surface area contributed by atoms with Gasteiger partial charge in [-0.1, -0.05) is 93.9 Å². The molecule has 0 radical (unpaired) electrons. The summed E-state index contributed by atoms with van der Waals surface area (Å²) in [5, 5.41) is 8.06. The first kappa shape index (κ1) is 44.8. The summed E-state index contributed by atoms with van der Waals surface area (Å²) in [7, 11) is -7.03. The van der Waals surface area contributed by atoms with Gasteiger partial charge in [-0.2, -0.15) is 36.5 Å². The second-order valence-electron chi connectivity index (χ2n) is 17.4. The van der Waals surface area contributed by atoms with Crippen molar-refractivity contribution in [1.29, 1.82) is 0 Å². The van der Waals surface area contributed by atoms with Crippen LogP contribution in [0.15, 0.2) is 113 Å². The predicted octanol–water partition coefficient (Wildman–Crippen LogP) is 11.6. The highest BCUT2D eigenvalue weighted by Gasteiger charge is 2.38. The van der Waals surface area contributed by atoms with Crippen molar-refractivity contribution in [2.45, 2.75) is 87.6 Å². The molecule has 2 unspecified atom stereocenters. The Kier molecular flexibility index (Phi) is 11.9. The van der Waals surface area contributed by atoms with Crippen LogP contribution in [0.2, 0.25) is 0 Å². The lowest BCUT2D eigenvalue weighted by Gasteiger charge is -2.31. The summed E-state index contributed by atoms with van der Waals surface area (Å²) in [5.41, 5.74) is 2.29. The predicted molar refractivity (Wildman–Crippen MR) is 227 cm³/mol. The lowest BCUT2D eigenvalue weighted by Crippen LogP contribution is -2.21. The van der Waals surface area contributed by atoms with Gasteiger partial charge in [0, 0.05) is 31.2 Å². The number of nitrogens with zero attached hydrogens (tertiary/aromatic N) is 4. The third-order valence-electron chi connectivity index (χ3n) is 11.1. The quantitative estimate of drug-likeness (QED) is 0.127. The highest BCUT2D eigenvalue weighted by atomic mass is 32.2. The van der Waals surface area contributed by atoms with Crippen LogP contribution in [-0.4, -0.2) is 48.9 Å². The van der Waals surface area contributed by atoms with Gasteiger partial charge < -0.3 is 0 Å². The molecule has 7 rings (SSSR count). The Morgan fingerprint density at radius 2 is 1.10 bits per heavy atom. The van der Waals surface area contributed by atoms with Gasteiger partial charge in [0.25, 0.3) is 0 Å². The molecule has 6 aromatic rings. The first-order valence-electron chi connectivity index (χ1n) is 20.0. The lowest BCUT2D eigenvalue weighted by molar-refractivity contribution is -0.142. The number of hydrogen-bond donors (Lipinski definition) is 0. The fourth-order valence-corrected chi connectivity index (χ4v) is 9.55. The molecule has 2 atom stereocenters. The van der Waals surface area contributed by atoms with Crippen LogP contribution >= 0.6 is 0 Å². The van der Waals surface area contributed by atoms with Crippen molar-refractivity contribution >= 4 is 19.7 Å². The van der Waals surface area contributed by atoms with Crippen molar-refractivity contribution < 1.29 is 43.2 Å². The van der Waals surface area contributed by atoms with Crippen LogP contribution in [0.4, 0.5) is 26.3 Å². The number of hydrogen-bond acceptors (Lipinski definition) is 6. The van der Waals surface area contributed by atoms with E-state index in [1.807, 2.05) is 26.8 Å². The molecule has 0 bridgehead atoms. The molecule has 0 N–H and O–H groups in total. The molecule has 16 heteroatoms. The van der Waals surface area contributed by atoms with Gasteiger partial charge in [0.2, 0.25) is 0 Å². The van der Waals surface area contributed by atoms with Crippen LogP contribution in [0.5, 0.6) is 0 Å². The third kappa shape index (κ3) is 10.2. The maximum Gasteiger partial charge on any atom is 0.435 e. The number of rotatable bonds is 10. The molecule has 1 aliphatic carbocycles. The summed E-state index contributed by atoms with van der Waals surface area (Å²) in [6.07, 6.45) is -4.74. The van der Waals surface area contributed by atoms with Gasteiger partial charge >= 0.3 is 12.4 Å². The molecule has 0 spiro atoms. The first-order chi connectivity index (χ1) is 28.8. The van der Waals surface area contributed by atoms with Crippen LogP contribution < -0.4 is 0 Å². The largest absolute Gasteiger partial charge is 0.435 e. The standard InChI is InChI=1S/C46H46F6N4O4S2/c1-44(2,3)28-56-41(26-43(54-56)46(50,51)52)38-20-19-34(33-11-8-14-37(23-33)62(5,59)60)24-39(38)35-12-6-9-29(21-35)27-55-40(25-42(53-55)45(47,48)49)31-17-15-30(16-18-31)32-10-7-13-36(22-32)61(4,57)58/h7-8,10-11,13-20,22-26,29,35H,6,9,12,21,27-28H2,1-5H3. The number of alkyl halides is 6. The van der Waals surface area contributed by atoms with Crippen LogP contribution in [0.3, 0.4) is 0 Å². The molecule has 2 aromatic heterocycles. The van der Waals surface area contributed by atoms with Crippen molar-refractivity contribution in [1.82, 2.24) is 19.6 Å². The van der Waals surface area contributed by atoms with E-state index >= 15 is 0 Å². The minimum absolute atomic E-state index is 0.112. The summed E-state index contributed by atoms with van der Waals surface area (Å²) < 4.78 is 137. The van der Waals surface area contributed by atoms with Crippen molar-refractivity contribution in [3.63, 3.8) is 0 Å². The Morgan fingerprint density at radius 1 is 0.597 bits per heavy atom. The Hall–Kier alpha value is -5.22. The summed E-state index contributed by atoms with van der Waals surface area (Å²) in [6.45, 7) is 6.01. The molecule has 1 saturated carbocycles. The molecule has 1 fully saturated rings. The maximum atomic E-state index is 14.2. The van der Waals surface area contributed by atoms with Gasteiger partial charge in [-0.25, -0.2) is 16.8 Å². The highest BCUT2D eigenvalue weighted by Crippen LogP contribution is 2.45. The van der Waals surface area contributed by atoms with Gasteiger partial charge in [0.15, 0.2) is 31.1 Å². The number of sulfone groups is 2. The number of halogens is 6. The van der Waals surface area contributed by atoms with Crippen molar-refractivity contribution in [3.05, 3.63) is 120 Å². The van der Waals surface area contributed by atoms with Gasteiger partial charge in [0.05, 0.1) is 21.2 Å². The maximum absolute atomic E-state index is 14.2. The van der Waals surface area contributed by atoms with Crippen LogP contribution in [-0.2, 0) is 45.1 Å². The number of aromatic nitrogens is 4. The topological polar surface area (TPSA) is 104 Å². The second-order valence-corrected chi connectivity index (χ2v) is 21.5. The van der Waals surface area contributed by atoms with E-state index < -0.39 is 48.8 Å². The van der Waals surface area contributed by atoms with Gasteiger partial charge in [-0.3, -0.25) is 9.36 Å². The van der Waals surface area contributed by atoms with Gasteiger partial charge in [-0.05, 0) is 106 Å². The zero-order valence-electron chi connectivity index (χ0n) is 34.7. The zero-order chi connectivity index (χ0) is 45.0. The molecular formula is C46H46F6N4O4S2. The van der Waals surface area contributed by atoms with Crippen molar-refractivity contribution in [3.8, 4) is 44.8 Å². The molecule has 0 amide bonds. The molecule has 1 aliphatic rings. The second kappa shape index (κ2) is 16.5. The molecule has 328 valence electrons. The molecule has 62 heavy (non-hydrogen) atoms. The molecule has 8 nitrogen and oxygen atoms in total. The highest BCUT2D eigenvalue weighted by molar-refractivity contribution is 7.91. The zero-order valence-corrected chi connectivity index (χ0v) is 36.4. The van der Waals surface area contributed by atoms with Crippen molar-refractivity contribution in [2.24, 2.45) is 11.3 Å². The molecular weight excluding hydrogens is 851 g/mol. The summed E-state index contributed by atoms with van der Waals surface area (Å²) in [6, 6.07) is 27.1. The van der Waals surface area contributed by atoms with E-state index in [4.69, 9.17) is 0 Å². The molecule has 0 aliphatic heterocycles.